The summed E-state index contributed by atoms with van der Waals surface area (Å²) in [7, 11) is 0. The van der Waals surface area contributed by atoms with Gasteiger partial charge in [-0.25, -0.2) is 0 Å². The number of carbonyl (C=O) groups is 3. The van der Waals surface area contributed by atoms with Crippen molar-refractivity contribution in [3.05, 3.63) is 85.1 Å². The molecule has 0 saturated carbocycles. The number of esters is 3. The van der Waals surface area contributed by atoms with Crippen LogP contribution in [0.1, 0.15) is 265 Å². The van der Waals surface area contributed by atoms with Crippen molar-refractivity contribution in [2.75, 3.05) is 13.2 Å². The third-order valence-electron chi connectivity index (χ3n) is 11.9. The van der Waals surface area contributed by atoms with Crippen LogP contribution in [-0.4, -0.2) is 37.2 Å². The first-order valence-corrected chi connectivity index (χ1v) is 28.1. The maximum atomic E-state index is 12.8. The Labute approximate surface area is 414 Å². The van der Waals surface area contributed by atoms with Crippen molar-refractivity contribution in [2.24, 2.45) is 0 Å². The van der Waals surface area contributed by atoms with E-state index < -0.39 is 6.10 Å². The lowest BCUT2D eigenvalue weighted by molar-refractivity contribution is -0.167. The van der Waals surface area contributed by atoms with Crippen LogP contribution in [0.5, 0.6) is 0 Å². The highest BCUT2D eigenvalue weighted by atomic mass is 16.6. The van der Waals surface area contributed by atoms with Gasteiger partial charge in [0.25, 0.3) is 0 Å². The van der Waals surface area contributed by atoms with Gasteiger partial charge in [0.15, 0.2) is 6.10 Å². The van der Waals surface area contributed by atoms with Gasteiger partial charge in [-0.1, -0.05) is 234 Å². The molecular formula is C61H104O6. The Morgan fingerprint density at radius 3 is 0.910 bits per heavy atom. The number of hydrogen-bond donors (Lipinski definition) is 0. The molecule has 0 bridgehead atoms. The quantitative estimate of drug-likeness (QED) is 0.0262. The fourth-order valence-corrected chi connectivity index (χ4v) is 7.68. The van der Waals surface area contributed by atoms with E-state index in [1.165, 1.54) is 109 Å². The Hall–Kier alpha value is -3.41. The molecule has 0 fully saturated rings. The first-order valence-electron chi connectivity index (χ1n) is 28.1. The van der Waals surface area contributed by atoms with Gasteiger partial charge in [-0.2, -0.15) is 0 Å². The zero-order valence-electron chi connectivity index (χ0n) is 43.9. The highest BCUT2D eigenvalue weighted by molar-refractivity contribution is 5.71. The molecule has 384 valence electrons. The van der Waals surface area contributed by atoms with Crippen LogP contribution in [0.25, 0.3) is 0 Å². The van der Waals surface area contributed by atoms with Gasteiger partial charge in [0.1, 0.15) is 13.2 Å². The Kier molecular flexibility index (Phi) is 52.4. The summed E-state index contributed by atoms with van der Waals surface area (Å²) in [5.74, 6) is -0.911. The van der Waals surface area contributed by atoms with Crippen LogP contribution in [0.15, 0.2) is 85.1 Å². The van der Waals surface area contributed by atoms with E-state index in [2.05, 4.69) is 106 Å². The van der Waals surface area contributed by atoms with Crippen molar-refractivity contribution < 1.29 is 28.6 Å². The third-order valence-corrected chi connectivity index (χ3v) is 11.9. The van der Waals surface area contributed by atoms with Gasteiger partial charge in [-0.3, -0.25) is 14.4 Å². The molecule has 0 aromatic rings. The number of hydrogen-bond acceptors (Lipinski definition) is 6. The molecule has 0 saturated heterocycles. The van der Waals surface area contributed by atoms with Crippen molar-refractivity contribution in [3.63, 3.8) is 0 Å². The van der Waals surface area contributed by atoms with Crippen molar-refractivity contribution in [2.45, 2.75) is 271 Å². The SMILES string of the molecule is CC/C=C\C/C=C\C/C=C\C/C=C\C/C=C\CCCCCCCC(=O)OCC(COC(=O)CCCCCCCCC)OC(=O)CCCCCCCCCCC/C=C\C/C=C\CCCCCCC. The van der Waals surface area contributed by atoms with Gasteiger partial charge in [0.2, 0.25) is 0 Å². The Bertz CT molecular complexity index is 1300. The van der Waals surface area contributed by atoms with E-state index in [1.54, 1.807) is 0 Å². The molecule has 0 radical (unpaired) electrons. The number of unbranched alkanes of at least 4 members (excludes halogenated alkanes) is 25. The van der Waals surface area contributed by atoms with E-state index in [4.69, 9.17) is 14.2 Å². The summed E-state index contributed by atoms with van der Waals surface area (Å²) in [5.41, 5.74) is 0. The summed E-state index contributed by atoms with van der Waals surface area (Å²) in [5, 5.41) is 0. The first kappa shape index (κ1) is 63.6. The minimum Gasteiger partial charge on any atom is -0.462 e. The lowest BCUT2D eigenvalue weighted by Crippen LogP contribution is -2.30. The van der Waals surface area contributed by atoms with Gasteiger partial charge in [-0.05, 0) is 96.3 Å². The molecular weight excluding hydrogens is 829 g/mol. The number of carbonyl (C=O) groups excluding carboxylic acids is 3. The van der Waals surface area contributed by atoms with Crippen LogP contribution in [0.3, 0.4) is 0 Å². The standard InChI is InChI=1S/C61H104O6/c1-4-7-10-13-16-18-20-22-24-26-28-30-32-34-36-38-40-42-45-48-51-54-60(63)66-57-58(56-65-59(62)53-50-47-44-15-12-9-6-3)67-61(64)55-52-49-46-43-41-39-37-35-33-31-29-27-25-23-21-19-17-14-11-8-5-2/h7,10,16,18,21-24,27-30,34,36,58H,4-6,8-9,11-15,17,19-20,25-26,31-33,35,37-57H2,1-3H3/b10-7-,18-16-,23-21-,24-22-,29-27-,30-28-,36-34-. The zero-order valence-corrected chi connectivity index (χ0v) is 43.9. The molecule has 0 heterocycles. The van der Waals surface area contributed by atoms with E-state index >= 15 is 0 Å². The van der Waals surface area contributed by atoms with E-state index in [-0.39, 0.29) is 31.1 Å². The van der Waals surface area contributed by atoms with Crippen molar-refractivity contribution in [3.8, 4) is 0 Å². The maximum absolute atomic E-state index is 12.8. The predicted octanol–water partition coefficient (Wildman–Crippen LogP) is 18.8. The minimum atomic E-state index is -0.785. The molecule has 0 spiro atoms. The smallest absolute Gasteiger partial charge is 0.306 e. The van der Waals surface area contributed by atoms with Gasteiger partial charge in [-0.15, -0.1) is 0 Å². The second-order valence-corrected chi connectivity index (χ2v) is 18.5. The van der Waals surface area contributed by atoms with Crippen molar-refractivity contribution in [1.29, 1.82) is 0 Å². The summed E-state index contributed by atoms with van der Waals surface area (Å²) in [6.07, 6.45) is 71.6. The molecule has 0 aromatic carbocycles. The van der Waals surface area contributed by atoms with E-state index in [9.17, 15) is 14.4 Å². The molecule has 0 N–H and O–H groups in total. The Morgan fingerprint density at radius 2 is 0.582 bits per heavy atom. The van der Waals surface area contributed by atoms with Crippen LogP contribution >= 0.6 is 0 Å². The van der Waals surface area contributed by atoms with E-state index in [0.717, 1.165) is 116 Å². The molecule has 0 aromatic heterocycles. The largest absolute Gasteiger partial charge is 0.462 e. The second kappa shape index (κ2) is 55.2. The van der Waals surface area contributed by atoms with Gasteiger partial charge >= 0.3 is 17.9 Å². The molecule has 1 atom stereocenters. The summed E-state index contributed by atoms with van der Waals surface area (Å²) >= 11 is 0. The van der Waals surface area contributed by atoms with E-state index in [1.807, 2.05) is 0 Å². The topological polar surface area (TPSA) is 78.9 Å². The fourth-order valence-electron chi connectivity index (χ4n) is 7.68. The molecule has 0 amide bonds. The average Bonchev–Trinajstić information content (AvgIpc) is 3.33. The normalized spacial score (nSPS) is 12.7. The molecule has 0 aliphatic heterocycles. The highest BCUT2D eigenvalue weighted by Gasteiger charge is 2.19. The maximum Gasteiger partial charge on any atom is 0.306 e. The summed E-state index contributed by atoms with van der Waals surface area (Å²) < 4.78 is 16.8. The first-order chi connectivity index (χ1) is 33.0. The number of allylic oxidation sites excluding steroid dienone is 14. The lowest BCUT2D eigenvalue weighted by Gasteiger charge is -2.18. The molecule has 1 unspecified atom stereocenters. The third kappa shape index (κ3) is 53.4. The molecule has 67 heavy (non-hydrogen) atoms. The highest BCUT2D eigenvalue weighted by Crippen LogP contribution is 2.15. The molecule has 0 aliphatic rings. The molecule has 0 rings (SSSR count). The molecule has 6 heteroatoms. The van der Waals surface area contributed by atoms with Crippen LogP contribution < -0.4 is 0 Å². The zero-order chi connectivity index (χ0) is 48.6. The van der Waals surface area contributed by atoms with Gasteiger partial charge in [0, 0.05) is 19.3 Å². The summed E-state index contributed by atoms with van der Waals surface area (Å²) in [4.78, 5) is 37.9. The van der Waals surface area contributed by atoms with E-state index in [0.29, 0.717) is 19.3 Å². The molecule has 0 aliphatic carbocycles. The van der Waals surface area contributed by atoms with Crippen LogP contribution in [0.2, 0.25) is 0 Å². The number of ether oxygens (including phenoxy) is 3. The van der Waals surface area contributed by atoms with Crippen molar-refractivity contribution >= 4 is 17.9 Å². The molecule has 6 nitrogen and oxygen atoms in total. The fraction of sp³-hybridized carbons (Fsp3) is 0.721. The predicted molar refractivity (Wildman–Crippen MR) is 288 cm³/mol. The Morgan fingerprint density at radius 1 is 0.313 bits per heavy atom. The van der Waals surface area contributed by atoms with Crippen molar-refractivity contribution in [1.82, 2.24) is 0 Å². The Balaban J connectivity index is 4.27. The minimum absolute atomic E-state index is 0.0841. The van der Waals surface area contributed by atoms with Gasteiger partial charge < -0.3 is 14.2 Å². The van der Waals surface area contributed by atoms with Crippen LogP contribution in [0.4, 0.5) is 0 Å². The summed E-state index contributed by atoms with van der Waals surface area (Å²) in [6.45, 7) is 6.46. The second-order valence-electron chi connectivity index (χ2n) is 18.5. The van der Waals surface area contributed by atoms with Crippen LogP contribution in [-0.2, 0) is 28.6 Å². The lowest BCUT2D eigenvalue weighted by atomic mass is 10.1. The number of rotatable bonds is 50. The van der Waals surface area contributed by atoms with Crippen LogP contribution in [0, 0.1) is 0 Å². The average molecular weight is 933 g/mol. The summed E-state index contributed by atoms with van der Waals surface area (Å²) in [6, 6.07) is 0. The van der Waals surface area contributed by atoms with Gasteiger partial charge in [0.05, 0.1) is 0 Å². The monoisotopic (exact) mass is 933 g/mol.